The van der Waals surface area contributed by atoms with Crippen LogP contribution in [0.4, 0.5) is 4.39 Å². The van der Waals surface area contributed by atoms with Crippen molar-refractivity contribution in [2.24, 2.45) is 0 Å². The molecule has 1 atom stereocenters. The average molecular weight is 263 g/mol. The molecule has 1 aliphatic carbocycles. The smallest absolute Gasteiger partial charge is 0.123 e. The van der Waals surface area contributed by atoms with E-state index in [1.807, 2.05) is 12.1 Å². The molecule has 1 saturated carbocycles. The zero-order valence-electron chi connectivity index (χ0n) is 11.3. The first-order chi connectivity index (χ1) is 9.26. The molecule has 2 aliphatic rings. The fourth-order valence-electron chi connectivity index (χ4n) is 3.41. The number of benzene rings is 1. The molecule has 19 heavy (non-hydrogen) atoms. The Morgan fingerprint density at radius 2 is 1.89 bits per heavy atom. The Bertz CT molecular complexity index is 411. The van der Waals surface area contributed by atoms with E-state index >= 15 is 0 Å². The second kappa shape index (κ2) is 5.59. The molecule has 1 aromatic carbocycles. The van der Waals surface area contributed by atoms with Gasteiger partial charge in [-0.3, -0.25) is 0 Å². The van der Waals surface area contributed by atoms with Crippen LogP contribution in [0.3, 0.4) is 0 Å². The van der Waals surface area contributed by atoms with Crippen LogP contribution in [-0.4, -0.2) is 18.2 Å². The summed E-state index contributed by atoms with van der Waals surface area (Å²) < 4.78 is 19.0. The lowest BCUT2D eigenvalue weighted by atomic mass is 9.98. The van der Waals surface area contributed by atoms with E-state index in [1.165, 1.54) is 50.7 Å². The van der Waals surface area contributed by atoms with Gasteiger partial charge in [-0.1, -0.05) is 25.0 Å². The summed E-state index contributed by atoms with van der Waals surface area (Å²) in [4.78, 5) is 0. The molecule has 2 nitrogen and oxygen atoms in total. The lowest BCUT2D eigenvalue weighted by Gasteiger charge is -2.23. The molecule has 2 fully saturated rings. The van der Waals surface area contributed by atoms with Crippen LogP contribution >= 0.6 is 0 Å². The molecule has 104 valence electrons. The summed E-state index contributed by atoms with van der Waals surface area (Å²) in [5.74, 6) is -0.175. The van der Waals surface area contributed by atoms with E-state index in [2.05, 4.69) is 5.32 Å². The molecule has 1 N–H and O–H groups in total. The summed E-state index contributed by atoms with van der Waals surface area (Å²) in [5.41, 5.74) is 1.34. The predicted molar refractivity (Wildman–Crippen MR) is 73.4 cm³/mol. The minimum Gasteiger partial charge on any atom is -0.370 e. The standard InChI is InChI=1S/C16H22FNO/c17-14-5-3-13(4-6-14)11-18-12-15-7-10-16(19-15)8-1-2-9-16/h3-6,15,18H,1-2,7-12H2. The molecule has 0 radical (unpaired) electrons. The van der Waals surface area contributed by atoms with Gasteiger partial charge in [-0.15, -0.1) is 0 Å². The van der Waals surface area contributed by atoms with Crippen LogP contribution in [0.5, 0.6) is 0 Å². The maximum Gasteiger partial charge on any atom is 0.123 e. The normalized spacial score (nSPS) is 25.2. The zero-order valence-corrected chi connectivity index (χ0v) is 11.3. The van der Waals surface area contributed by atoms with Gasteiger partial charge in [0.05, 0.1) is 11.7 Å². The van der Waals surface area contributed by atoms with E-state index in [9.17, 15) is 4.39 Å². The molecule has 0 aromatic heterocycles. The van der Waals surface area contributed by atoms with Gasteiger partial charge >= 0.3 is 0 Å². The summed E-state index contributed by atoms with van der Waals surface area (Å²) in [6.45, 7) is 1.69. The first-order valence-electron chi connectivity index (χ1n) is 7.39. The van der Waals surface area contributed by atoms with Crippen molar-refractivity contribution >= 4 is 0 Å². The maximum absolute atomic E-state index is 12.8. The second-order valence-electron chi connectivity index (χ2n) is 5.93. The molecule has 1 heterocycles. The van der Waals surface area contributed by atoms with Crippen LogP contribution < -0.4 is 5.32 Å². The van der Waals surface area contributed by atoms with Crippen molar-refractivity contribution in [2.75, 3.05) is 6.54 Å². The average Bonchev–Trinajstić information content (AvgIpc) is 3.03. The number of halogens is 1. The Morgan fingerprint density at radius 3 is 2.63 bits per heavy atom. The predicted octanol–water partition coefficient (Wildman–Crippen LogP) is 3.41. The Kier molecular flexibility index (Phi) is 3.85. The molecule has 0 bridgehead atoms. The molecule has 1 saturated heterocycles. The van der Waals surface area contributed by atoms with Crippen LogP contribution in [-0.2, 0) is 11.3 Å². The monoisotopic (exact) mass is 263 g/mol. The Morgan fingerprint density at radius 1 is 1.16 bits per heavy atom. The van der Waals surface area contributed by atoms with Gasteiger partial charge in [0.1, 0.15) is 5.82 Å². The van der Waals surface area contributed by atoms with Gasteiger partial charge in [-0.2, -0.15) is 0 Å². The van der Waals surface area contributed by atoms with Gasteiger partial charge in [0.15, 0.2) is 0 Å². The third kappa shape index (κ3) is 3.15. The van der Waals surface area contributed by atoms with Gasteiger partial charge in [-0.05, 0) is 43.4 Å². The zero-order chi connectivity index (χ0) is 13.1. The Hall–Kier alpha value is -0.930. The second-order valence-corrected chi connectivity index (χ2v) is 5.93. The lowest BCUT2D eigenvalue weighted by molar-refractivity contribution is -0.0351. The molecule has 1 aromatic rings. The van der Waals surface area contributed by atoms with E-state index in [-0.39, 0.29) is 11.4 Å². The topological polar surface area (TPSA) is 21.3 Å². The van der Waals surface area contributed by atoms with Crippen molar-refractivity contribution in [3.8, 4) is 0 Å². The van der Waals surface area contributed by atoms with E-state index in [0.29, 0.717) is 6.10 Å². The number of hydrogen-bond acceptors (Lipinski definition) is 2. The molecule has 1 aliphatic heterocycles. The van der Waals surface area contributed by atoms with Crippen molar-refractivity contribution in [2.45, 2.75) is 56.8 Å². The van der Waals surface area contributed by atoms with Gasteiger partial charge in [0.2, 0.25) is 0 Å². The SMILES string of the molecule is Fc1ccc(CNCC2CCC3(CCCC3)O2)cc1. The van der Waals surface area contributed by atoms with Crippen molar-refractivity contribution in [3.63, 3.8) is 0 Å². The highest BCUT2D eigenvalue weighted by Crippen LogP contribution is 2.43. The van der Waals surface area contributed by atoms with E-state index in [1.54, 1.807) is 0 Å². The third-order valence-corrected chi connectivity index (χ3v) is 4.47. The van der Waals surface area contributed by atoms with Crippen LogP contribution in [0.2, 0.25) is 0 Å². The van der Waals surface area contributed by atoms with Gasteiger partial charge < -0.3 is 10.1 Å². The number of nitrogens with one attached hydrogen (secondary N) is 1. The van der Waals surface area contributed by atoms with E-state index in [0.717, 1.165) is 18.7 Å². The van der Waals surface area contributed by atoms with Crippen LogP contribution in [0.1, 0.15) is 44.1 Å². The van der Waals surface area contributed by atoms with Crippen LogP contribution in [0, 0.1) is 5.82 Å². The molecule has 3 heteroatoms. The number of hydrogen-bond donors (Lipinski definition) is 1. The quantitative estimate of drug-likeness (QED) is 0.899. The summed E-state index contributed by atoms with van der Waals surface area (Å²) in [6, 6.07) is 6.68. The number of ether oxygens (including phenoxy) is 1. The summed E-state index contributed by atoms with van der Waals surface area (Å²) in [7, 11) is 0. The van der Waals surface area contributed by atoms with Crippen molar-refractivity contribution < 1.29 is 9.13 Å². The summed E-state index contributed by atoms with van der Waals surface area (Å²) in [6.07, 6.45) is 7.93. The molecule has 1 spiro atoms. The summed E-state index contributed by atoms with van der Waals surface area (Å²) >= 11 is 0. The van der Waals surface area contributed by atoms with Gasteiger partial charge in [0.25, 0.3) is 0 Å². The minimum absolute atomic E-state index is 0.175. The molecule has 3 rings (SSSR count). The molecule has 0 amide bonds. The van der Waals surface area contributed by atoms with Crippen LogP contribution in [0.25, 0.3) is 0 Å². The van der Waals surface area contributed by atoms with E-state index in [4.69, 9.17) is 4.74 Å². The highest BCUT2D eigenvalue weighted by Gasteiger charge is 2.41. The number of rotatable bonds is 4. The first-order valence-corrected chi connectivity index (χ1v) is 7.39. The van der Waals surface area contributed by atoms with Crippen molar-refractivity contribution in [1.82, 2.24) is 5.32 Å². The van der Waals surface area contributed by atoms with Gasteiger partial charge in [-0.25, -0.2) is 4.39 Å². The highest BCUT2D eigenvalue weighted by atomic mass is 19.1. The van der Waals surface area contributed by atoms with Crippen molar-refractivity contribution in [3.05, 3.63) is 35.6 Å². The molecule has 1 unspecified atom stereocenters. The minimum atomic E-state index is -0.175. The van der Waals surface area contributed by atoms with E-state index < -0.39 is 0 Å². The fraction of sp³-hybridized carbons (Fsp3) is 0.625. The largest absolute Gasteiger partial charge is 0.370 e. The van der Waals surface area contributed by atoms with Gasteiger partial charge in [0, 0.05) is 13.1 Å². The molecular formula is C16H22FNO. The summed E-state index contributed by atoms with van der Waals surface area (Å²) in [5, 5.41) is 3.42. The van der Waals surface area contributed by atoms with Crippen molar-refractivity contribution in [1.29, 1.82) is 0 Å². The fourth-order valence-corrected chi connectivity index (χ4v) is 3.41. The third-order valence-electron chi connectivity index (χ3n) is 4.47. The Balaban J connectivity index is 1.42. The molecular weight excluding hydrogens is 241 g/mol. The Labute approximate surface area is 114 Å². The first kappa shape index (κ1) is 13.1. The maximum atomic E-state index is 12.8. The van der Waals surface area contributed by atoms with Crippen LogP contribution in [0.15, 0.2) is 24.3 Å². The highest BCUT2D eigenvalue weighted by molar-refractivity contribution is 5.15. The lowest BCUT2D eigenvalue weighted by Crippen LogP contribution is -2.30.